The molecule has 0 fully saturated rings. The number of nitrogens with two attached hydrogens (primary N) is 1. The minimum absolute atomic E-state index is 0.175. The van der Waals surface area contributed by atoms with Crippen molar-refractivity contribution in [1.82, 2.24) is 0 Å². The molecule has 0 bridgehead atoms. The fraction of sp³-hybridized carbons (Fsp3) is 0.200. The Labute approximate surface area is 127 Å². The molecular formula is C15H14Cl2FNO. The Morgan fingerprint density at radius 2 is 1.90 bits per heavy atom. The van der Waals surface area contributed by atoms with E-state index in [9.17, 15) is 4.39 Å². The molecule has 0 aliphatic heterocycles. The lowest BCUT2D eigenvalue weighted by Gasteiger charge is -2.13. The fourth-order valence-corrected chi connectivity index (χ4v) is 2.32. The zero-order chi connectivity index (χ0) is 14.5. The van der Waals surface area contributed by atoms with Gasteiger partial charge in [0.2, 0.25) is 0 Å². The zero-order valence-electron chi connectivity index (χ0n) is 10.7. The van der Waals surface area contributed by atoms with Gasteiger partial charge in [0, 0.05) is 15.6 Å². The molecule has 5 heteroatoms. The van der Waals surface area contributed by atoms with Crippen LogP contribution in [0.3, 0.4) is 0 Å². The predicted molar refractivity (Wildman–Crippen MR) is 80.0 cm³/mol. The molecular weight excluding hydrogens is 300 g/mol. The van der Waals surface area contributed by atoms with E-state index in [0.717, 1.165) is 11.1 Å². The first-order chi connectivity index (χ1) is 9.61. The van der Waals surface area contributed by atoms with Gasteiger partial charge in [-0.3, -0.25) is 0 Å². The Balaban J connectivity index is 2.18. The van der Waals surface area contributed by atoms with Gasteiger partial charge in [0.05, 0.1) is 0 Å². The number of benzene rings is 2. The maximum Gasteiger partial charge on any atom is 0.165 e. The summed E-state index contributed by atoms with van der Waals surface area (Å²) in [5.74, 6) is -0.176. The summed E-state index contributed by atoms with van der Waals surface area (Å²) >= 11 is 11.9. The molecule has 0 atom stereocenters. The molecule has 2 rings (SSSR count). The topological polar surface area (TPSA) is 35.2 Å². The monoisotopic (exact) mass is 313 g/mol. The Bertz CT molecular complexity index is 604. The van der Waals surface area contributed by atoms with Crippen molar-refractivity contribution in [2.24, 2.45) is 5.73 Å². The van der Waals surface area contributed by atoms with Gasteiger partial charge in [-0.25, -0.2) is 4.39 Å². The Morgan fingerprint density at radius 3 is 2.60 bits per heavy atom. The quantitative estimate of drug-likeness (QED) is 0.897. The van der Waals surface area contributed by atoms with E-state index in [2.05, 4.69) is 0 Å². The molecule has 2 nitrogen and oxygen atoms in total. The first-order valence-corrected chi connectivity index (χ1v) is 6.91. The summed E-state index contributed by atoms with van der Waals surface area (Å²) in [6.45, 7) is 0.607. The van der Waals surface area contributed by atoms with Crippen LogP contribution in [0.4, 0.5) is 4.39 Å². The van der Waals surface area contributed by atoms with Crippen molar-refractivity contribution >= 4 is 23.2 Å². The van der Waals surface area contributed by atoms with E-state index >= 15 is 0 Å². The molecule has 20 heavy (non-hydrogen) atoms. The number of ether oxygens (including phenoxy) is 1. The highest BCUT2D eigenvalue weighted by molar-refractivity contribution is 6.35. The van der Waals surface area contributed by atoms with Gasteiger partial charge in [0.15, 0.2) is 11.6 Å². The third-order valence-corrected chi connectivity index (χ3v) is 3.44. The summed E-state index contributed by atoms with van der Waals surface area (Å²) in [6.07, 6.45) is 0.557. The summed E-state index contributed by atoms with van der Waals surface area (Å²) in [6, 6.07) is 9.91. The zero-order valence-corrected chi connectivity index (χ0v) is 12.2. The molecule has 0 radical (unpaired) electrons. The molecule has 0 aliphatic carbocycles. The van der Waals surface area contributed by atoms with Crippen LogP contribution in [0.5, 0.6) is 5.75 Å². The standard InChI is InChI=1S/C15H14Cl2FNO/c16-12-5-4-11(13(17)8-12)9-20-15-10(6-7-19)2-1-3-14(15)18/h1-5,8H,6-7,9,19H2. The van der Waals surface area contributed by atoms with Crippen molar-refractivity contribution in [3.05, 3.63) is 63.4 Å². The highest BCUT2D eigenvalue weighted by Crippen LogP contribution is 2.26. The van der Waals surface area contributed by atoms with Crippen molar-refractivity contribution in [3.63, 3.8) is 0 Å². The van der Waals surface area contributed by atoms with Crippen molar-refractivity contribution in [3.8, 4) is 5.75 Å². The van der Waals surface area contributed by atoms with Crippen molar-refractivity contribution < 1.29 is 9.13 Å². The number of rotatable bonds is 5. The SMILES string of the molecule is NCCc1cccc(F)c1OCc1ccc(Cl)cc1Cl. The summed E-state index contributed by atoms with van der Waals surface area (Å²) in [5, 5.41) is 1.04. The molecule has 0 saturated carbocycles. The van der Waals surface area contributed by atoms with Gasteiger partial charge in [0.25, 0.3) is 0 Å². The Hall–Kier alpha value is -1.29. The van der Waals surface area contributed by atoms with Gasteiger partial charge >= 0.3 is 0 Å². The largest absolute Gasteiger partial charge is 0.485 e. The highest BCUT2D eigenvalue weighted by atomic mass is 35.5. The number of hydrogen-bond donors (Lipinski definition) is 1. The second-order valence-electron chi connectivity index (χ2n) is 4.29. The van der Waals surface area contributed by atoms with E-state index in [1.165, 1.54) is 6.07 Å². The molecule has 0 heterocycles. The molecule has 0 amide bonds. The van der Waals surface area contributed by atoms with E-state index in [0.29, 0.717) is 23.0 Å². The van der Waals surface area contributed by atoms with Crippen molar-refractivity contribution in [2.75, 3.05) is 6.54 Å². The van der Waals surface area contributed by atoms with E-state index < -0.39 is 5.82 Å². The molecule has 0 unspecified atom stereocenters. The van der Waals surface area contributed by atoms with Gasteiger partial charge in [-0.15, -0.1) is 0 Å². The second-order valence-corrected chi connectivity index (χ2v) is 5.13. The van der Waals surface area contributed by atoms with Crippen LogP contribution in [-0.4, -0.2) is 6.54 Å². The molecule has 2 aromatic carbocycles. The third-order valence-electron chi connectivity index (χ3n) is 2.85. The molecule has 2 N–H and O–H groups in total. The number of halogens is 3. The maximum atomic E-state index is 13.8. The van der Waals surface area contributed by atoms with Crippen LogP contribution in [0.15, 0.2) is 36.4 Å². The lowest BCUT2D eigenvalue weighted by molar-refractivity contribution is 0.287. The molecule has 0 aromatic heterocycles. The Morgan fingerprint density at radius 1 is 1.10 bits per heavy atom. The lowest BCUT2D eigenvalue weighted by atomic mass is 10.1. The first kappa shape index (κ1) is 15.1. The van der Waals surface area contributed by atoms with Crippen molar-refractivity contribution in [1.29, 1.82) is 0 Å². The number of hydrogen-bond acceptors (Lipinski definition) is 2. The van der Waals surface area contributed by atoms with Crippen LogP contribution in [-0.2, 0) is 13.0 Å². The smallest absolute Gasteiger partial charge is 0.165 e. The molecule has 0 spiro atoms. The van der Waals surface area contributed by atoms with Gasteiger partial charge < -0.3 is 10.5 Å². The van der Waals surface area contributed by atoms with Gasteiger partial charge in [-0.05, 0) is 36.7 Å². The molecule has 106 valence electrons. The molecule has 2 aromatic rings. The summed E-state index contributed by atoms with van der Waals surface area (Å²) in [4.78, 5) is 0. The lowest BCUT2D eigenvalue weighted by Crippen LogP contribution is -2.07. The molecule has 0 aliphatic rings. The van der Waals surface area contributed by atoms with Gasteiger partial charge in [0.1, 0.15) is 6.61 Å². The normalized spacial score (nSPS) is 10.6. The van der Waals surface area contributed by atoms with Gasteiger partial charge in [-0.2, -0.15) is 0 Å². The maximum absolute atomic E-state index is 13.8. The first-order valence-electron chi connectivity index (χ1n) is 6.16. The van der Waals surface area contributed by atoms with Crippen LogP contribution < -0.4 is 10.5 Å². The van der Waals surface area contributed by atoms with Gasteiger partial charge in [-0.1, -0.05) is 41.4 Å². The highest BCUT2D eigenvalue weighted by Gasteiger charge is 2.10. The van der Waals surface area contributed by atoms with E-state index in [-0.39, 0.29) is 12.4 Å². The van der Waals surface area contributed by atoms with E-state index in [4.69, 9.17) is 33.7 Å². The summed E-state index contributed by atoms with van der Waals surface area (Å²) in [7, 11) is 0. The average Bonchev–Trinajstić information content (AvgIpc) is 2.40. The predicted octanol–water partition coefficient (Wildman–Crippen LogP) is 4.21. The van der Waals surface area contributed by atoms with Crippen LogP contribution >= 0.6 is 23.2 Å². The number of para-hydroxylation sites is 1. The summed E-state index contributed by atoms with van der Waals surface area (Å²) < 4.78 is 19.4. The average molecular weight is 314 g/mol. The minimum Gasteiger partial charge on any atom is -0.485 e. The van der Waals surface area contributed by atoms with E-state index in [1.807, 2.05) is 0 Å². The van der Waals surface area contributed by atoms with Crippen LogP contribution in [0, 0.1) is 5.82 Å². The van der Waals surface area contributed by atoms with Crippen molar-refractivity contribution in [2.45, 2.75) is 13.0 Å². The molecule has 0 saturated heterocycles. The van der Waals surface area contributed by atoms with Crippen LogP contribution in [0.2, 0.25) is 10.0 Å². The summed E-state index contributed by atoms with van der Waals surface area (Å²) in [5.41, 5.74) is 7.01. The van der Waals surface area contributed by atoms with Crippen LogP contribution in [0.1, 0.15) is 11.1 Å². The van der Waals surface area contributed by atoms with E-state index in [1.54, 1.807) is 30.3 Å². The fourth-order valence-electron chi connectivity index (χ4n) is 1.86. The second kappa shape index (κ2) is 6.93. The Kier molecular flexibility index (Phi) is 5.24. The minimum atomic E-state index is -0.402. The third kappa shape index (κ3) is 3.63. The van der Waals surface area contributed by atoms with Crippen LogP contribution in [0.25, 0.3) is 0 Å².